The molecule has 1 saturated heterocycles. The monoisotopic (exact) mass is 334 g/mol. The van der Waals surface area contributed by atoms with Gasteiger partial charge >= 0.3 is 0 Å². The Morgan fingerprint density at radius 1 is 0.840 bits per heavy atom. The highest BCUT2D eigenvalue weighted by Gasteiger charge is 2.37. The van der Waals surface area contributed by atoms with Crippen molar-refractivity contribution in [3.05, 3.63) is 59.7 Å². The lowest BCUT2D eigenvalue weighted by Crippen LogP contribution is -2.46. The van der Waals surface area contributed by atoms with Crippen molar-refractivity contribution in [2.45, 2.75) is 32.2 Å². The van der Waals surface area contributed by atoms with Crippen molar-refractivity contribution in [2.75, 3.05) is 33.2 Å². The Labute approximate surface area is 152 Å². The second-order valence-corrected chi connectivity index (χ2v) is 7.79. The zero-order valence-electron chi connectivity index (χ0n) is 15.6. The van der Waals surface area contributed by atoms with Gasteiger partial charge in [-0.3, -0.25) is 4.90 Å². The highest BCUT2D eigenvalue weighted by atomic mass is 15.3. The third-order valence-corrected chi connectivity index (χ3v) is 5.95. The van der Waals surface area contributed by atoms with Crippen molar-refractivity contribution in [2.24, 2.45) is 5.92 Å². The number of nitrogens with zero attached hydrogens (tertiary/aromatic N) is 2. The van der Waals surface area contributed by atoms with Crippen molar-refractivity contribution in [1.29, 1.82) is 0 Å². The fourth-order valence-corrected chi connectivity index (χ4v) is 4.10. The number of hydrogen-bond acceptors (Lipinski definition) is 2. The highest BCUT2D eigenvalue weighted by molar-refractivity contribution is 5.64. The molecule has 2 aromatic rings. The van der Waals surface area contributed by atoms with Crippen LogP contribution in [0.25, 0.3) is 11.1 Å². The second kappa shape index (κ2) is 7.31. The predicted octanol–water partition coefficient (Wildman–Crippen LogP) is 4.61. The number of piperazine rings is 1. The average Bonchev–Trinajstić information content (AvgIpc) is 3.49. The van der Waals surface area contributed by atoms with Gasteiger partial charge in [0.15, 0.2) is 0 Å². The van der Waals surface area contributed by atoms with Gasteiger partial charge in [-0.15, -0.1) is 0 Å². The molecule has 2 nitrogen and oxygen atoms in total. The molecule has 1 heterocycles. The summed E-state index contributed by atoms with van der Waals surface area (Å²) in [7, 11) is 2.24. The van der Waals surface area contributed by atoms with E-state index in [1.54, 1.807) is 0 Å². The zero-order chi connectivity index (χ0) is 17.2. The van der Waals surface area contributed by atoms with E-state index in [2.05, 4.69) is 72.3 Å². The van der Waals surface area contributed by atoms with Gasteiger partial charge in [0.2, 0.25) is 0 Å². The standard InChI is InChI=1S/C23H30N2/c1-3-18-4-6-19(7-5-18)20-8-10-21(11-9-20)23(22-12-13-22)25-16-14-24(2)15-17-25/h4-11,22-23H,3,12-17H2,1-2H3. The fourth-order valence-electron chi connectivity index (χ4n) is 4.10. The molecule has 0 bridgehead atoms. The van der Waals surface area contributed by atoms with E-state index in [4.69, 9.17) is 0 Å². The maximum Gasteiger partial charge on any atom is 0.0377 e. The van der Waals surface area contributed by atoms with E-state index in [9.17, 15) is 0 Å². The summed E-state index contributed by atoms with van der Waals surface area (Å²) in [5, 5.41) is 0. The lowest BCUT2D eigenvalue weighted by molar-refractivity contribution is 0.100. The molecule has 1 unspecified atom stereocenters. The van der Waals surface area contributed by atoms with Crippen LogP contribution in [0.4, 0.5) is 0 Å². The molecule has 132 valence electrons. The normalized spacial score (nSPS) is 20.6. The van der Waals surface area contributed by atoms with Crippen LogP contribution in [-0.2, 0) is 6.42 Å². The molecule has 0 N–H and O–H groups in total. The molecule has 2 heteroatoms. The first-order valence-corrected chi connectivity index (χ1v) is 9.86. The summed E-state index contributed by atoms with van der Waals surface area (Å²) < 4.78 is 0. The highest BCUT2D eigenvalue weighted by Crippen LogP contribution is 2.45. The summed E-state index contributed by atoms with van der Waals surface area (Å²) in [6, 6.07) is 19.0. The quantitative estimate of drug-likeness (QED) is 0.787. The Kier molecular flexibility index (Phi) is 4.91. The minimum atomic E-state index is 0.630. The molecule has 1 aliphatic heterocycles. The van der Waals surface area contributed by atoms with E-state index in [-0.39, 0.29) is 0 Å². The number of benzene rings is 2. The first-order valence-electron chi connectivity index (χ1n) is 9.86. The topological polar surface area (TPSA) is 6.48 Å². The lowest BCUT2D eigenvalue weighted by Gasteiger charge is -2.38. The number of rotatable bonds is 5. The minimum absolute atomic E-state index is 0.630. The summed E-state index contributed by atoms with van der Waals surface area (Å²) in [4.78, 5) is 5.17. The van der Waals surface area contributed by atoms with Crippen LogP contribution in [-0.4, -0.2) is 43.0 Å². The molecule has 2 fully saturated rings. The molecule has 1 saturated carbocycles. The first-order chi connectivity index (χ1) is 12.2. The van der Waals surface area contributed by atoms with Crippen molar-refractivity contribution >= 4 is 0 Å². The van der Waals surface area contributed by atoms with Gasteiger partial charge in [-0.05, 0) is 54.5 Å². The van der Waals surface area contributed by atoms with Crippen LogP contribution >= 0.6 is 0 Å². The van der Waals surface area contributed by atoms with Crippen molar-refractivity contribution in [3.63, 3.8) is 0 Å². The van der Waals surface area contributed by atoms with E-state index in [0.29, 0.717) is 6.04 Å². The predicted molar refractivity (Wildman–Crippen MR) is 106 cm³/mol. The summed E-state index contributed by atoms with van der Waals surface area (Å²) in [6.45, 7) is 7.02. The third-order valence-electron chi connectivity index (χ3n) is 5.95. The summed E-state index contributed by atoms with van der Waals surface area (Å²) >= 11 is 0. The van der Waals surface area contributed by atoms with Gasteiger partial charge in [0, 0.05) is 32.2 Å². The molecule has 0 aromatic heterocycles. The van der Waals surface area contributed by atoms with Gasteiger partial charge in [-0.25, -0.2) is 0 Å². The van der Waals surface area contributed by atoms with Crippen LogP contribution in [0.15, 0.2) is 48.5 Å². The van der Waals surface area contributed by atoms with Gasteiger partial charge in [0.25, 0.3) is 0 Å². The fraction of sp³-hybridized carbons (Fsp3) is 0.478. The molecule has 1 atom stereocenters. The van der Waals surface area contributed by atoms with Crippen molar-refractivity contribution in [1.82, 2.24) is 9.80 Å². The Hall–Kier alpha value is -1.64. The van der Waals surface area contributed by atoms with E-state index in [1.807, 2.05) is 0 Å². The number of hydrogen-bond donors (Lipinski definition) is 0. The van der Waals surface area contributed by atoms with Crippen LogP contribution < -0.4 is 0 Å². The Bertz CT molecular complexity index is 677. The second-order valence-electron chi connectivity index (χ2n) is 7.79. The van der Waals surface area contributed by atoms with Crippen LogP contribution in [0.5, 0.6) is 0 Å². The molecular formula is C23H30N2. The van der Waals surface area contributed by atoms with E-state index in [0.717, 1.165) is 12.3 Å². The maximum absolute atomic E-state index is 2.72. The SMILES string of the molecule is CCc1ccc(-c2ccc(C(C3CC3)N3CCN(C)CC3)cc2)cc1. The molecule has 25 heavy (non-hydrogen) atoms. The molecule has 0 spiro atoms. The molecule has 4 rings (SSSR count). The minimum Gasteiger partial charge on any atom is -0.304 e. The van der Waals surface area contributed by atoms with Crippen LogP contribution in [0.3, 0.4) is 0 Å². The van der Waals surface area contributed by atoms with Crippen molar-refractivity contribution < 1.29 is 0 Å². The van der Waals surface area contributed by atoms with Crippen molar-refractivity contribution in [3.8, 4) is 11.1 Å². The van der Waals surface area contributed by atoms with E-state index in [1.165, 1.54) is 61.3 Å². The molecule has 2 aliphatic rings. The van der Waals surface area contributed by atoms with E-state index >= 15 is 0 Å². The van der Waals surface area contributed by atoms with Gasteiger partial charge in [0.05, 0.1) is 0 Å². The molecule has 1 aliphatic carbocycles. The molecule has 0 radical (unpaired) electrons. The summed E-state index contributed by atoms with van der Waals surface area (Å²) in [5.74, 6) is 0.873. The Morgan fingerprint density at radius 3 is 1.92 bits per heavy atom. The average molecular weight is 335 g/mol. The van der Waals surface area contributed by atoms with Gasteiger partial charge in [0.1, 0.15) is 0 Å². The number of aryl methyl sites for hydroxylation is 1. The maximum atomic E-state index is 2.72. The van der Waals surface area contributed by atoms with Crippen LogP contribution in [0.1, 0.15) is 36.9 Å². The Balaban J connectivity index is 1.53. The Morgan fingerprint density at radius 2 is 1.40 bits per heavy atom. The summed E-state index contributed by atoms with van der Waals surface area (Å²) in [6.07, 6.45) is 3.90. The first kappa shape index (κ1) is 16.8. The van der Waals surface area contributed by atoms with Gasteiger partial charge in [-0.2, -0.15) is 0 Å². The largest absolute Gasteiger partial charge is 0.304 e. The molecular weight excluding hydrogens is 304 g/mol. The number of likely N-dealkylation sites (N-methyl/N-ethyl adjacent to an activating group) is 1. The van der Waals surface area contributed by atoms with E-state index < -0.39 is 0 Å². The van der Waals surface area contributed by atoms with Gasteiger partial charge in [-0.1, -0.05) is 55.5 Å². The lowest BCUT2D eigenvalue weighted by atomic mass is 9.96. The van der Waals surface area contributed by atoms with Crippen LogP contribution in [0, 0.1) is 5.92 Å². The zero-order valence-corrected chi connectivity index (χ0v) is 15.6. The molecule has 2 aromatic carbocycles. The summed E-state index contributed by atoms with van der Waals surface area (Å²) in [5.41, 5.74) is 5.58. The molecule has 0 amide bonds. The van der Waals surface area contributed by atoms with Gasteiger partial charge < -0.3 is 4.90 Å². The third kappa shape index (κ3) is 3.80. The smallest absolute Gasteiger partial charge is 0.0377 e. The van der Waals surface area contributed by atoms with Crippen LogP contribution in [0.2, 0.25) is 0 Å².